The Morgan fingerprint density at radius 2 is 1.24 bits per heavy atom. The van der Waals surface area contributed by atoms with E-state index in [4.69, 9.17) is 0 Å². The van der Waals surface area contributed by atoms with Crippen LogP contribution in [0.2, 0.25) is 0 Å². The average molecular weight is 555 g/mol. The van der Waals surface area contributed by atoms with E-state index in [-0.39, 0.29) is 39.6 Å². The van der Waals surface area contributed by atoms with Crippen LogP contribution in [-0.4, -0.2) is 47.9 Å². The normalized spacial score (nSPS) is 11.9. The van der Waals surface area contributed by atoms with E-state index in [1.165, 1.54) is 48.6 Å². The molecule has 0 aliphatic rings. The fraction of sp³-hybridized carbons (Fsp3) is 0.0417. The van der Waals surface area contributed by atoms with Crippen molar-refractivity contribution in [2.75, 3.05) is 23.0 Å². The number of nitrogens with one attached hydrogen (secondary N) is 3. The van der Waals surface area contributed by atoms with E-state index >= 15 is 0 Å². The third-order valence-corrected chi connectivity index (χ3v) is 6.98. The molecule has 38 heavy (non-hydrogen) atoms. The summed E-state index contributed by atoms with van der Waals surface area (Å²) >= 11 is 0. The van der Waals surface area contributed by atoms with Crippen LogP contribution in [0.4, 0.5) is 29.2 Å². The van der Waals surface area contributed by atoms with Gasteiger partial charge in [0.05, 0.1) is 5.69 Å². The van der Waals surface area contributed by atoms with Gasteiger partial charge in [0.2, 0.25) is 17.8 Å². The highest BCUT2D eigenvalue weighted by molar-refractivity contribution is 7.86. The first-order valence-electron chi connectivity index (χ1n) is 10.9. The predicted octanol–water partition coefficient (Wildman–Crippen LogP) is 4.06. The number of anilines is 5. The SMILES string of the molecule is CNc1nc(Nc2ccccc2)nc(Nc2cccc(/C=C/c3ccccc3S(=O)(=O)O)c2S(=O)(=O)O)n1. The zero-order valence-electron chi connectivity index (χ0n) is 19.8. The Balaban J connectivity index is 1.74. The Morgan fingerprint density at radius 1 is 0.658 bits per heavy atom. The maximum atomic E-state index is 12.4. The largest absolute Gasteiger partial charge is 0.357 e. The van der Waals surface area contributed by atoms with E-state index < -0.39 is 25.1 Å². The van der Waals surface area contributed by atoms with Gasteiger partial charge < -0.3 is 16.0 Å². The smallest absolute Gasteiger partial charge is 0.297 e. The molecule has 0 unspecified atom stereocenters. The Hall–Kier alpha value is -4.37. The summed E-state index contributed by atoms with van der Waals surface area (Å²) < 4.78 is 67.7. The molecule has 12 nitrogen and oxygen atoms in total. The molecule has 0 bridgehead atoms. The summed E-state index contributed by atoms with van der Waals surface area (Å²) in [6.45, 7) is 0. The highest BCUT2D eigenvalue weighted by Crippen LogP contribution is 2.30. The quantitative estimate of drug-likeness (QED) is 0.148. The minimum absolute atomic E-state index is 0.0227. The Kier molecular flexibility index (Phi) is 7.68. The summed E-state index contributed by atoms with van der Waals surface area (Å²) in [5.74, 6) is 0.335. The van der Waals surface area contributed by atoms with Crippen LogP contribution in [0.5, 0.6) is 0 Å². The molecule has 1 heterocycles. The maximum absolute atomic E-state index is 12.4. The van der Waals surface area contributed by atoms with Gasteiger partial charge >= 0.3 is 0 Å². The molecular weight excluding hydrogens is 532 g/mol. The maximum Gasteiger partial charge on any atom is 0.297 e. The van der Waals surface area contributed by atoms with Gasteiger partial charge in [-0.2, -0.15) is 31.8 Å². The summed E-state index contributed by atoms with van der Waals surface area (Å²) in [5, 5.41) is 8.63. The molecule has 0 radical (unpaired) electrons. The number of rotatable bonds is 9. The minimum Gasteiger partial charge on any atom is -0.357 e. The molecule has 0 saturated heterocycles. The van der Waals surface area contributed by atoms with Gasteiger partial charge in [-0.25, -0.2) is 0 Å². The van der Waals surface area contributed by atoms with Crippen molar-refractivity contribution in [2.45, 2.75) is 9.79 Å². The van der Waals surface area contributed by atoms with E-state index in [0.29, 0.717) is 5.69 Å². The molecule has 0 aliphatic heterocycles. The molecule has 3 aromatic carbocycles. The van der Waals surface area contributed by atoms with Crippen molar-refractivity contribution in [1.29, 1.82) is 0 Å². The first-order chi connectivity index (χ1) is 18.0. The molecule has 0 fully saturated rings. The van der Waals surface area contributed by atoms with Gasteiger partial charge in [-0.3, -0.25) is 9.11 Å². The van der Waals surface area contributed by atoms with Crippen LogP contribution in [0, 0.1) is 0 Å². The summed E-state index contributed by atoms with van der Waals surface area (Å²) in [7, 11) is -7.71. The molecule has 4 rings (SSSR count). The van der Waals surface area contributed by atoms with Crippen molar-refractivity contribution in [2.24, 2.45) is 0 Å². The Labute approximate surface area is 219 Å². The number of benzene rings is 3. The molecule has 0 atom stereocenters. The molecule has 0 spiro atoms. The number of para-hydroxylation sites is 1. The topological polar surface area (TPSA) is 184 Å². The molecule has 14 heteroatoms. The van der Waals surface area contributed by atoms with Crippen LogP contribution in [0.3, 0.4) is 0 Å². The molecule has 0 saturated carbocycles. The summed E-state index contributed by atoms with van der Waals surface area (Å²) in [6.07, 6.45) is 2.61. The molecule has 0 aliphatic carbocycles. The fourth-order valence-corrected chi connectivity index (χ4v) is 4.99. The minimum atomic E-state index is -4.79. The van der Waals surface area contributed by atoms with Crippen molar-refractivity contribution in [3.05, 3.63) is 83.9 Å². The van der Waals surface area contributed by atoms with Gasteiger partial charge in [-0.1, -0.05) is 60.7 Å². The highest BCUT2D eigenvalue weighted by atomic mass is 32.2. The molecule has 196 valence electrons. The van der Waals surface area contributed by atoms with Crippen LogP contribution >= 0.6 is 0 Å². The van der Waals surface area contributed by atoms with Crippen molar-refractivity contribution in [1.82, 2.24) is 15.0 Å². The number of aromatic nitrogens is 3. The second-order valence-electron chi connectivity index (χ2n) is 7.72. The van der Waals surface area contributed by atoms with Crippen LogP contribution in [-0.2, 0) is 20.2 Å². The Morgan fingerprint density at radius 3 is 1.89 bits per heavy atom. The lowest BCUT2D eigenvalue weighted by atomic mass is 10.1. The summed E-state index contributed by atoms with van der Waals surface area (Å²) in [4.78, 5) is 11.9. The molecule has 4 aromatic rings. The summed E-state index contributed by atoms with van der Waals surface area (Å²) in [5.41, 5.74) is 0.815. The monoisotopic (exact) mass is 554 g/mol. The van der Waals surface area contributed by atoms with E-state index in [9.17, 15) is 25.9 Å². The lowest BCUT2D eigenvalue weighted by Crippen LogP contribution is -2.10. The first-order valence-corrected chi connectivity index (χ1v) is 13.8. The van der Waals surface area contributed by atoms with E-state index in [0.717, 1.165) is 0 Å². The van der Waals surface area contributed by atoms with Crippen molar-refractivity contribution >= 4 is 61.6 Å². The van der Waals surface area contributed by atoms with Crippen molar-refractivity contribution in [3.8, 4) is 0 Å². The zero-order valence-corrected chi connectivity index (χ0v) is 21.4. The lowest BCUT2D eigenvalue weighted by molar-refractivity contribution is 0.481. The summed E-state index contributed by atoms with van der Waals surface area (Å²) in [6, 6.07) is 19.1. The molecule has 5 N–H and O–H groups in total. The van der Waals surface area contributed by atoms with E-state index in [1.807, 2.05) is 30.3 Å². The second kappa shape index (κ2) is 10.9. The van der Waals surface area contributed by atoms with Gasteiger partial charge in [-0.05, 0) is 35.4 Å². The number of hydrogen-bond donors (Lipinski definition) is 5. The predicted molar refractivity (Wildman–Crippen MR) is 144 cm³/mol. The van der Waals surface area contributed by atoms with Gasteiger partial charge in [0.15, 0.2) is 0 Å². The molecular formula is C24H22N6O6S2. The molecule has 1 aromatic heterocycles. The van der Waals surface area contributed by atoms with Crippen molar-refractivity contribution < 1.29 is 25.9 Å². The fourth-order valence-electron chi connectivity index (χ4n) is 3.48. The standard InChI is InChI=1S/C24H22N6O6S2/c1-25-22-28-23(26-18-10-3-2-4-11-18)30-24(29-22)27-19-12-7-9-17(21(19)38(34,35)36)15-14-16-8-5-6-13-20(16)37(31,32)33/h2-15H,1H3,(H,31,32,33)(H,34,35,36)(H3,25,26,27,28,29,30)/b15-14+. The van der Waals surface area contributed by atoms with Gasteiger partial charge in [0, 0.05) is 12.7 Å². The average Bonchev–Trinajstić information content (AvgIpc) is 2.87. The zero-order chi connectivity index (χ0) is 27.3. The first kappa shape index (κ1) is 26.7. The van der Waals surface area contributed by atoms with Crippen molar-refractivity contribution in [3.63, 3.8) is 0 Å². The van der Waals surface area contributed by atoms with Crippen LogP contribution in [0.15, 0.2) is 82.6 Å². The van der Waals surface area contributed by atoms with Gasteiger partial charge in [0.25, 0.3) is 20.2 Å². The number of hydrogen-bond acceptors (Lipinski definition) is 10. The van der Waals surface area contributed by atoms with Gasteiger partial charge in [-0.15, -0.1) is 0 Å². The van der Waals surface area contributed by atoms with E-state index in [2.05, 4.69) is 30.9 Å². The lowest BCUT2D eigenvalue weighted by Gasteiger charge is -2.13. The third-order valence-electron chi connectivity index (χ3n) is 5.08. The van der Waals surface area contributed by atoms with E-state index in [1.54, 1.807) is 13.1 Å². The Bertz CT molecular complexity index is 1710. The van der Waals surface area contributed by atoms with Crippen LogP contribution in [0.1, 0.15) is 11.1 Å². The van der Waals surface area contributed by atoms with Gasteiger partial charge in [0.1, 0.15) is 9.79 Å². The molecule has 0 amide bonds. The third kappa shape index (κ3) is 6.49. The highest BCUT2D eigenvalue weighted by Gasteiger charge is 2.21. The van der Waals surface area contributed by atoms with Crippen LogP contribution in [0.25, 0.3) is 12.2 Å². The number of nitrogens with zero attached hydrogens (tertiary/aromatic N) is 3. The van der Waals surface area contributed by atoms with Crippen LogP contribution < -0.4 is 16.0 Å². The second-order valence-corrected chi connectivity index (χ2v) is 10.5.